The summed E-state index contributed by atoms with van der Waals surface area (Å²) in [6, 6.07) is 11.9. The van der Waals surface area contributed by atoms with Crippen molar-refractivity contribution in [3.8, 4) is 0 Å². The second-order valence-electron chi connectivity index (χ2n) is 12.7. The van der Waals surface area contributed by atoms with E-state index in [-0.39, 0.29) is 50.8 Å². The number of nitrogens with one attached hydrogen (secondary N) is 2. The molecule has 0 bridgehead atoms. The average Bonchev–Trinajstić information content (AvgIpc) is 3.22. The number of fused-ring (bicyclic) bond motifs is 1. The van der Waals surface area contributed by atoms with Crippen LogP contribution in [0.1, 0.15) is 49.9 Å². The minimum atomic E-state index is -3.53. The molecule has 12 heteroatoms. The van der Waals surface area contributed by atoms with E-state index in [0.717, 1.165) is 17.4 Å². The van der Waals surface area contributed by atoms with Gasteiger partial charge in [-0.05, 0) is 62.4 Å². The molecule has 43 heavy (non-hydrogen) atoms. The molecule has 0 radical (unpaired) electrons. The topological polar surface area (TPSA) is 139 Å². The highest BCUT2D eigenvalue weighted by Crippen LogP contribution is 2.32. The second kappa shape index (κ2) is 13.4. The smallest absolute Gasteiger partial charge is 0.239 e. The van der Waals surface area contributed by atoms with Gasteiger partial charge in [0.05, 0.1) is 24.5 Å². The van der Waals surface area contributed by atoms with Gasteiger partial charge in [0.15, 0.2) is 0 Å². The molecule has 2 amide bonds. The van der Waals surface area contributed by atoms with Crippen molar-refractivity contribution < 1.29 is 32.6 Å². The lowest BCUT2D eigenvalue weighted by Crippen LogP contribution is -2.62. The maximum Gasteiger partial charge on any atom is 0.239 e. The van der Waals surface area contributed by atoms with Crippen LogP contribution in [-0.4, -0.2) is 95.9 Å². The van der Waals surface area contributed by atoms with E-state index in [4.69, 9.17) is 0 Å². The van der Waals surface area contributed by atoms with Gasteiger partial charge < -0.3 is 20.8 Å². The Morgan fingerprint density at radius 1 is 1.09 bits per heavy atom. The van der Waals surface area contributed by atoms with E-state index in [1.807, 2.05) is 45.0 Å². The Morgan fingerprint density at radius 3 is 2.42 bits per heavy atom. The molecule has 2 aromatic carbocycles. The molecule has 1 heterocycles. The van der Waals surface area contributed by atoms with Crippen molar-refractivity contribution in [2.45, 2.75) is 69.9 Å². The van der Waals surface area contributed by atoms with Crippen molar-refractivity contribution in [2.24, 2.45) is 5.92 Å². The molecule has 0 spiro atoms. The number of benzene rings is 2. The quantitative estimate of drug-likeness (QED) is 0.316. The molecule has 0 saturated carbocycles. The molecule has 4 N–H and O–H groups in total. The van der Waals surface area contributed by atoms with Crippen molar-refractivity contribution in [2.75, 3.05) is 32.4 Å². The number of rotatable bonds is 10. The Balaban J connectivity index is 1.51. The Kier molecular flexibility index (Phi) is 10.3. The van der Waals surface area contributed by atoms with E-state index in [2.05, 4.69) is 10.6 Å². The Labute approximate surface area is 253 Å². The summed E-state index contributed by atoms with van der Waals surface area (Å²) in [6.45, 7) is 5.89. The lowest BCUT2D eigenvalue weighted by molar-refractivity contribution is -0.131. The molecule has 2 aromatic rings. The summed E-state index contributed by atoms with van der Waals surface area (Å²) in [5, 5.41) is 27.9. The fourth-order valence-corrected chi connectivity index (χ4v) is 6.72. The van der Waals surface area contributed by atoms with Crippen LogP contribution in [0.5, 0.6) is 0 Å². The zero-order valence-corrected chi connectivity index (χ0v) is 26.0. The molecular formula is C31H43FN4O6S. The van der Waals surface area contributed by atoms with Crippen LogP contribution in [0.15, 0.2) is 48.5 Å². The normalized spacial score (nSPS) is 22.9. The minimum absolute atomic E-state index is 0.0353. The standard InChI is InChI=1S/C31H43FN4O6S/c1-31(2,3)34-30(40)26-19-36(43(4,41)42)14-13-35(26)18-24(37)16-22(15-20-9-11-23(32)12-10-20)29(39)33-28-25-8-6-5-7-21(25)17-27(28)38/h5-12,22,24,26-28,37-38H,13-19H2,1-4H3,(H,33,39)(H,34,40)/t22-,24+,26+,27-,28+/m1/s1. The first kappa shape index (κ1) is 33.0. The van der Waals surface area contributed by atoms with Crippen LogP contribution in [0.3, 0.4) is 0 Å². The summed E-state index contributed by atoms with van der Waals surface area (Å²) < 4.78 is 39.4. The van der Waals surface area contributed by atoms with E-state index < -0.39 is 51.6 Å². The second-order valence-corrected chi connectivity index (χ2v) is 14.7. The van der Waals surface area contributed by atoms with E-state index in [1.54, 1.807) is 17.0 Å². The Morgan fingerprint density at radius 2 is 1.77 bits per heavy atom. The molecule has 4 rings (SSSR count). The molecule has 1 saturated heterocycles. The van der Waals surface area contributed by atoms with Crippen LogP contribution in [0.25, 0.3) is 0 Å². The molecule has 5 atom stereocenters. The fourth-order valence-electron chi connectivity index (χ4n) is 5.90. The van der Waals surface area contributed by atoms with E-state index in [1.165, 1.54) is 16.4 Å². The number of β-amino-alcohol motifs (C(OH)–C–C–N with tert-alkyl or cyclic N) is 1. The van der Waals surface area contributed by atoms with Crippen molar-refractivity contribution in [1.29, 1.82) is 0 Å². The summed E-state index contributed by atoms with van der Waals surface area (Å²) in [5.41, 5.74) is 1.98. The molecule has 1 aliphatic carbocycles. The van der Waals surface area contributed by atoms with Crippen LogP contribution < -0.4 is 10.6 Å². The third-order valence-corrected chi connectivity index (χ3v) is 9.26. The molecule has 1 fully saturated rings. The first-order chi connectivity index (χ1) is 20.1. The van der Waals surface area contributed by atoms with E-state index in [0.29, 0.717) is 12.0 Å². The fraction of sp³-hybridized carbons (Fsp3) is 0.548. The lowest BCUT2D eigenvalue weighted by Gasteiger charge is -2.41. The Bertz CT molecular complexity index is 1400. The highest BCUT2D eigenvalue weighted by Gasteiger charge is 2.39. The van der Waals surface area contributed by atoms with Gasteiger partial charge in [-0.25, -0.2) is 12.8 Å². The predicted octanol–water partition coefficient (Wildman–Crippen LogP) is 1.37. The molecular weight excluding hydrogens is 575 g/mol. The number of amides is 2. The number of carbonyl (C=O) groups is 2. The molecule has 0 unspecified atom stereocenters. The summed E-state index contributed by atoms with van der Waals surface area (Å²) >= 11 is 0. The van der Waals surface area contributed by atoms with Gasteiger partial charge in [-0.15, -0.1) is 0 Å². The number of nitrogens with zero attached hydrogens (tertiary/aromatic N) is 2. The van der Waals surface area contributed by atoms with Gasteiger partial charge in [0, 0.05) is 44.1 Å². The average molecular weight is 619 g/mol. The first-order valence-corrected chi connectivity index (χ1v) is 16.5. The summed E-state index contributed by atoms with van der Waals surface area (Å²) in [5.74, 6) is -1.82. The van der Waals surface area contributed by atoms with Gasteiger partial charge in [-0.3, -0.25) is 14.5 Å². The maximum absolute atomic E-state index is 13.7. The Hall–Kier alpha value is -2.90. The molecule has 2 aliphatic rings. The number of halogens is 1. The van der Waals surface area contributed by atoms with Crippen LogP contribution in [0.4, 0.5) is 4.39 Å². The van der Waals surface area contributed by atoms with Crippen molar-refractivity contribution >= 4 is 21.8 Å². The zero-order valence-electron chi connectivity index (χ0n) is 25.2. The monoisotopic (exact) mass is 618 g/mol. The number of sulfonamides is 1. The van der Waals surface area contributed by atoms with Crippen LogP contribution in [0.2, 0.25) is 0 Å². The summed E-state index contributed by atoms with van der Waals surface area (Å²) in [6.07, 6.45) is -0.0345. The van der Waals surface area contributed by atoms with Crippen LogP contribution in [-0.2, 0) is 32.5 Å². The van der Waals surface area contributed by atoms with Crippen molar-refractivity contribution in [1.82, 2.24) is 19.8 Å². The number of aliphatic hydroxyl groups is 2. The predicted molar refractivity (Wildman–Crippen MR) is 161 cm³/mol. The summed E-state index contributed by atoms with van der Waals surface area (Å²) in [7, 11) is -3.53. The zero-order chi connectivity index (χ0) is 31.5. The van der Waals surface area contributed by atoms with Gasteiger partial charge in [0.2, 0.25) is 21.8 Å². The van der Waals surface area contributed by atoms with Gasteiger partial charge in [0.1, 0.15) is 11.9 Å². The molecule has 10 nitrogen and oxygen atoms in total. The minimum Gasteiger partial charge on any atom is -0.392 e. The highest BCUT2D eigenvalue weighted by atomic mass is 32.2. The van der Waals surface area contributed by atoms with Crippen LogP contribution >= 0.6 is 0 Å². The van der Waals surface area contributed by atoms with Crippen molar-refractivity contribution in [3.63, 3.8) is 0 Å². The molecule has 0 aromatic heterocycles. The third kappa shape index (κ3) is 8.82. The van der Waals surface area contributed by atoms with Crippen LogP contribution in [0, 0.1) is 11.7 Å². The number of hydrogen-bond acceptors (Lipinski definition) is 7. The molecule has 236 valence electrons. The SMILES string of the molecule is CC(C)(C)NC(=O)[C@@H]1CN(S(C)(=O)=O)CCN1C[C@@H](O)C[C@@H](Cc1ccc(F)cc1)C(=O)N[C@H]1c2ccccc2C[C@H]1O. The number of carbonyl (C=O) groups excluding carboxylic acids is 2. The molecule has 1 aliphatic heterocycles. The van der Waals surface area contributed by atoms with Gasteiger partial charge in [-0.1, -0.05) is 36.4 Å². The first-order valence-electron chi connectivity index (χ1n) is 14.6. The maximum atomic E-state index is 13.7. The van der Waals surface area contributed by atoms with Gasteiger partial charge in [0.25, 0.3) is 0 Å². The largest absolute Gasteiger partial charge is 0.392 e. The highest BCUT2D eigenvalue weighted by molar-refractivity contribution is 7.88. The number of hydrogen-bond donors (Lipinski definition) is 4. The third-order valence-electron chi connectivity index (χ3n) is 7.99. The van der Waals surface area contributed by atoms with Gasteiger partial charge in [-0.2, -0.15) is 4.31 Å². The van der Waals surface area contributed by atoms with E-state index in [9.17, 15) is 32.6 Å². The van der Waals surface area contributed by atoms with Gasteiger partial charge >= 0.3 is 0 Å². The summed E-state index contributed by atoms with van der Waals surface area (Å²) in [4.78, 5) is 28.7. The lowest BCUT2D eigenvalue weighted by atomic mass is 9.91. The van der Waals surface area contributed by atoms with Crippen molar-refractivity contribution in [3.05, 3.63) is 71.0 Å². The number of aliphatic hydroxyl groups excluding tert-OH is 2. The van der Waals surface area contributed by atoms with E-state index >= 15 is 0 Å². The number of piperazine rings is 1.